The van der Waals surface area contributed by atoms with Gasteiger partial charge in [-0.05, 0) is 31.5 Å². The SMILES string of the molecule is CCOC(=O)CN1CCc2c(C(F)(F)F)nn(CC(=O)Cc3cc(Cl)ccc3OC)c2C1. The van der Waals surface area contributed by atoms with Gasteiger partial charge in [-0.25, -0.2) is 0 Å². The van der Waals surface area contributed by atoms with E-state index in [1.54, 1.807) is 30.0 Å². The summed E-state index contributed by atoms with van der Waals surface area (Å²) in [6, 6.07) is 4.82. The predicted octanol–water partition coefficient (Wildman–Crippen LogP) is 3.30. The zero-order valence-electron chi connectivity index (χ0n) is 17.7. The molecule has 0 saturated carbocycles. The number of carbonyl (C=O) groups excluding carboxylic acids is 2. The molecule has 1 aromatic carbocycles. The first-order valence-electron chi connectivity index (χ1n) is 10.00. The maximum atomic E-state index is 13.5. The van der Waals surface area contributed by atoms with E-state index in [4.69, 9.17) is 21.1 Å². The van der Waals surface area contributed by atoms with Gasteiger partial charge >= 0.3 is 12.1 Å². The molecule has 0 saturated heterocycles. The summed E-state index contributed by atoms with van der Waals surface area (Å²) in [5.41, 5.74) is -0.118. The predicted molar refractivity (Wildman–Crippen MR) is 110 cm³/mol. The number of halogens is 4. The van der Waals surface area contributed by atoms with Gasteiger partial charge in [-0.1, -0.05) is 11.6 Å². The van der Waals surface area contributed by atoms with E-state index in [1.807, 2.05) is 0 Å². The first-order chi connectivity index (χ1) is 15.1. The van der Waals surface area contributed by atoms with Crippen LogP contribution in [0.3, 0.4) is 0 Å². The summed E-state index contributed by atoms with van der Waals surface area (Å²) in [5.74, 6) is -0.351. The van der Waals surface area contributed by atoms with E-state index in [9.17, 15) is 22.8 Å². The molecule has 32 heavy (non-hydrogen) atoms. The summed E-state index contributed by atoms with van der Waals surface area (Å²) in [6.45, 7) is 1.82. The normalized spacial score (nSPS) is 14.2. The molecule has 2 heterocycles. The number of carbonyl (C=O) groups is 2. The van der Waals surface area contributed by atoms with Crippen molar-refractivity contribution in [3.8, 4) is 5.75 Å². The molecule has 174 valence electrons. The van der Waals surface area contributed by atoms with Crippen molar-refractivity contribution in [1.82, 2.24) is 14.7 Å². The Labute approximate surface area is 188 Å². The second-order valence-corrected chi connectivity index (χ2v) is 7.80. The minimum atomic E-state index is -4.64. The molecule has 0 amide bonds. The lowest BCUT2D eigenvalue weighted by molar-refractivity contribution is -0.145. The van der Waals surface area contributed by atoms with Crippen molar-refractivity contribution in [2.75, 3.05) is 26.8 Å². The van der Waals surface area contributed by atoms with E-state index >= 15 is 0 Å². The van der Waals surface area contributed by atoms with Gasteiger partial charge in [-0.2, -0.15) is 18.3 Å². The Bertz CT molecular complexity index is 1010. The third-order valence-corrected chi connectivity index (χ3v) is 5.34. The number of fused-ring (bicyclic) bond motifs is 1. The standard InChI is InChI=1S/C21H23ClF3N3O4/c1-3-32-19(30)12-27-7-6-16-17(11-27)28(26-20(16)21(23,24)25)10-15(29)9-13-8-14(22)4-5-18(13)31-2/h4-5,8H,3,6-7,9-12H2,1-2H3. The molecule has 0 bridgehead atoms. The van der Waals surface area contributed by atoms with Gasteiger partial charge in [0.15, 0.2) is 11.5 Å². The van der Waals surface area contributed by atoms with Crippen LogP contribution in [0.5, 0.6) is 5.75 Å². The minimum absolute atomic E-state index is 0.0481. The van der Waals surface area contributed by atoms with Crippen LogP contribution in [0.15, 0.2) is 18.2 Å². The molecule has 0 N–H and O–H groups in total. The number of hydrogen-bond acceptors (Lipinski definition) is 6. The van der Waals surface area contributed by atoms with Crippen LogP contribution in [0.2, 0.25) is 5.02 Å². The number of ether oxygens (including phenoxy) is 2. The fourth-order valence-corrected chi connectivity index (χ4v) is 3.93. The van der Waals surface area contributed by atoms with Crippen LogP contribution >= 0.6 is 11.6 Å². The van der Waals surface area contributed by atoms with Gasteiger partial charge in [0.05, 0.1) is 26.0 Å². The van der Waals surface area contributed by atoms with Crippen molar-refractivity contribution in [3.05, 3.63) is 45.7 Å². The van der Waals surface area contributed by atoms with Gasteiger partial charge in [-0.15, -0.1) is 0 Å². The smallest absolute Gasteiger partial charge is 0.435 e. The Morgan fingerprint density at radius 1 is 1.25 bits per heavy atom. The van der Waals surface area contributed by atoms with Crippen molar-refractivity contribution in [1.29, 1.82) is 0 Å². The fraction of sp³-hybridized carbons (Fsp3) is 0.476. The molecule has 1 aromatic heterocycles. The maximum Gasteiger partial charge on any atom is 0.435 e. The molecule has 7 nitrogen and oxygen atoms in total. The van der Waals surface area contributed by atoms with E-state index < -0.39 is 17.8 Å². The summed E-state index contributed by atoms with van der Waals surface area (Å²) < 4.78 is 51.9. The lowest BCUT2D eigenvalue weighted by Crippen LogP contribution is -2.37. The van der Waals surface area contributed by atoms with Gasteiger partial charge < -0.3 is 9.47 Å². The van der Waals surface area contributed by atoms with Crippen LogP contribution in [0.25, 0.3) is 0 Å². The Hall–Kier alpha value is -2.59. The molecule has 1 aliphatic rings. The molecular formula is C21H23ClF3N3O4. The lowest BCUT2D eigenvalue weighted by atomic mass is 10.0. The summed E-state index contributed by atoms with van der Waals surface area (Å²) >= 11 is 5.99. The number of benzene rings is 1. The maximum absolute atomic E-state index is 13.5. The van der Waals surface area contributed by atoms with E-state index in [2.05, 4.69) is 5.10 Å². The summed E-state index contributed by atoms with van der Waals surface area (Å²) in [4.78, 5) is 26.2. The van der Waals surface area contributed by atoms with Crippen LogP contribution in [-0.2, 0) is 46.4 Å². The number of rotatable bonds is 8. The number of Topliss-reactive ketones (excluding diaryl/α,β-unsaturated/α-hetero) is 1. The molecule has 3 rings (SSSR count). The Balaban J connectivity index is 1.84. The molecule has 11 heteroatoms. The van der Waals surface area contributed by atoms with Gasteiger partial charge in [-0.3, -0.25) is 19.2 Å². The average molecular weight is 474 g/mol. The second kappa shape index (κ2) is 9.91. The largest absolute Gasteiger partial charge is 0.496 e. The Morgan fingerprint density at radius 3 is 2.66 bits per heavy atom. The fourth-order valence-electron chi connectivity index (χ4n) is 3.74. The number of esters is 1. The van der Waals surface area contributed by atoms with Crippen LogP contribution in [-0.4, -0.2) is 53.2 Å². The highest BCUT2D eigenvalue weighted by Crippen LogP contribution is 2.35. The molecule has 0 atom stereocenters. The summed E-state index contributed by atoms with van der Waals surface area (Å²) in [6.07, 6.45) is -4.65. The number of nitrogens with zero attached hydrogens (tertiary/aromatic N) is 3. The highest BCUT2D eigenvalue weighted by atomic mass is 35.5. The molecule has 1 aliphatic heterocycles. The Morgan fingerprint density at radius 2 is 2.00 bits per heavy atom. The van der Waals surface area contributed by atoms with Gasteiger partial charge in [0.2, 0.25) is 0 Å². The van der Waals surface area contributed by atoms with Crippen molar-refractivity contribution in [2.24, 2.45) is 0 Å². The second-order valence-electron chi connectivity index (χ2n) is 7.37. The number of methoxy groups -OCH3 is 1. The van der Waals surface area contributed by atoms with E-state index in [0.29, 0.717) is 16.3 Å². The van der Waals surface area contributed by atoms with E-state index in [-0.39, 0.29) is 62.7 Å². The number of ketones is 1. The van der Waals surface area contributed by atoms with E-state index in [1.165, 1.54) is 7.11 Å². The molecular weight excluding hydrogens is 451 g/mol. The van der Waals surface area contributed by atoms with Crippen molar-refractivity contribution < 1.29 is 32.2 Å². The zero-order chi connectivity index (χ0) is 23.5. The first kappa shape index (κ1) is 24.1. The quantitative estimate of drug-likeness (QED) is 0.548. The minimum Gasteiger partial charge on any atom is -0.496 e. The zero-order valence-corrected chi connectivity index (χ0v) is 18.4. The van der Waals surface area contributed by atoms with Gasteiger partial charge in [0.1, 0.15) is 12.3 Å². The van der Waals surface area contributed by atoms with Crippen LogP contribution in [0.4, 0.5) is 13.2 Å². The van der Waals surface area contributed by atoms with Gasteiger partial charge in [0.25, 0.3) is 0 Å². The van der Waals surface area contributed by atoms with E-state index in [0.717, 1.165) is 4.68 Å². The third kappa shape index (κ3) is 5.60. The first-order valence-corrected chi connectivity index (χ1v) is 10.4. The molecule has 2 aromatic rings. The molecule has 0 unspecified atom stereocenters. The van der Waals surface area contributed by atoms with Crippen molar-refractivity contribution >= 4 is 23.4 Å². The van der Waals surface area contributed by atoms with Crippen LogP contribution in [0.1, 0.15) is 29.4 Å². The average Bonchev–Trinajstić information content (AvgIpc) is 3.06. The van der Waals surface area contributed by atoms with Crippen LogP contribution < -0.4 is 4.74 Å². The van der Waals surface area contributed by atoms with Crippen molar-refractivity contribution in [2.45, 2.75) is 39.0 Å². The van der Waals surface area contributed by atoms with Crippen LogP contribution in [0, 0.1) is 0 Å². The highest BCUT2D eigenvalue weighted by Gasteiger charge is 2.40. The monoisotopic (exact) mass is 473 g/mol. The molecule has 0 spiro atoms. The summed E-state index contributed by atoms with van der Waals surface area (Å²) in [7, 11) is 1.45. The summed E-state index contributed by atoms with van der Waals surface area (Å²) in [5, 5.41) is 4.14. The lowest BCUT2D eigenvalue weighted by Gasteiger charge is -2.27. The highest BCUT2D eigenvalue weighted by molar-refractivity contribution is 6.30. The third-order valence-electron chi connectivity index (χ3n) is 5.10. The topological polar surface area (TPSA) is 73.7 Å². The molecule has 0 radical (unpaired) electrons. The number of aromatic nitrogens is 2. The van der Waals surface area contributed by atoms with Crippen molar-refractivity contribution in [3.63, 3.8) is 0 Å². The number of hydrogen-bond donors (Lipinski definition) is 0. The molecule has 0 aliphatic carbocycles. The van der Waals surface area contributed by atoms with Gasteiger partial charge in [0, 0.05) is 35.7 Å². The molecule has 0 fully saturated rings. The Kier molecular flexibility index (Phi) is 7.45. The number of alkyl halides is 3.